The summed E-state index contributed by atoms with van der Waals surface area (Å²) in [4.78, 5) is 16.2. The highest BCUT2D eigenvalue weighted by Crippen LogP contribution is 2.31. The molecule has 2 aliphatic rings. The molecule has 1 aliphatic carbocycles. The van der Waals surface area contributed by atoms with Crippen LogP contribution < -0.4 is 4.90 Å². The molecule has 0 spiro atoms. The molecule has 0 N–H and O–H groups in total. The van der Waals surface area contributed by atoms with Crippen molar-refractivity contribution in [3.63, 3.8) is 0 Å². The van der Waals surface area contributed by atoms with Crippen molar-refractivity contribution in [3.8, 4) is 0 Å². The minimum Gasteiger partial charge on any atom is -0.347 e. The molecule has 0 bridgehead atoms. The number of carbonyl (C=O) groups is 1. The summed E-state index contributed by atoms with van der Waals surface area (Å²) >= 11 is 1.67. The van der Waals surface area contributed by atoms with Crippen LogP contribution in [0.25, 0.3) is 0 Å². The standard InChI is InChI=1S/C14H22N4OS/c1-10-15-16-14(20-10)18-7-5-11(6-8-18)9-17(2)13(19)12-3-4-12/h11-12H,3-9H2,1-2H3. The Morgan fingerprint density at radius 3 is 2.55 bits per heavy atom. The third kappa shape index (κ3) is 3.11. The molecule has 6 heteroatoms. The third-order valence-electron chi connectivity index (χ3n) is 4.24. The van der Waals surface area contributed by atoms with Crippen molar-refractivity contribution in [2.75, 3.05) is 31.6 Å². The van der Waals surface area contributed by atoms with Crippen LogP contribution in [0.4, 0.5) is 5.13 Å². The Hall–Kier alpha value is -1.17. The van der Waals surface area contributed by atoms with Gasteiger partial charge in [-0.05, 0) is 38.5 Å². The molecule has 2 fully saturated rings. The van der Waals surface area contributed by atoms with Crippen LogP contribution in [-0.2, 0) is 4.79 Å². The van der Waals surface area contributed by atoms with Gasteiger partial charge in [0.2, 0.25) is 11.0 Å². The van der Waals surface area contributed by atoms with Gasteiger partial charge in [0, 0.05) is 32.6 Å². The lowest BCUT2D eigenvalue weighted by molar-refractivity contribution is -0.131. The summed E-state index contributed by atoms with van der Waals surface area (Å²) in [6.45, 7) is 4.97. The highest BCUT2D eigenvalue weighted by molar-refractivity contribution is 7.15. The topological polar surface area (TPSA) is 49.3 Å². The van der Waals surface area contributed by atoms with Crippen LogP contribution in [0.1, 0.15) is 30.7 Å². The Morgan fingerprint density at radius 1 is 1.30 bits per heavy atom. The summed E-state index contributed by atoms with van der Waals surface area (Å²) in [5, 5.41) is 10.4. The van der Waals surface area contributed by atoms with Crippen LogP contribution in [-0.4, -0.2) is 47.7 Å². The zero-order valence-electron chi connectivity index (χ0n) is 12.2. The minimum absolute atomic E-state index is 0.337. The maximum Gasteiger partial charge on any atom is 0.225 e. The first-order valence-corrected chi connectivity index (χ1v) is 8.25. The van der Waals surface area contributed by atoms with E-state index in [0.717, 1.165) is 55.5 Å². The van der Waals surface area contributed by atoms with Gasteiger partial charge in [0.15, 0.2) is 0 Å². The average molecular weight is 294 g/mol. The Labute approximate surface area is 124 Å². The van der Waals surface area contributed by atoms with E-state index in [1.807, 2.05) is 18.9 Å². The lowest BCUT2D eigenvalue weighted by Gasteiger charge is -2.33. The molecule has 0 radical (unpaired) electrons. The number of piperidine rings is 1. The summed E-state index contributed by atoms with van der Waals surface area (Å²) in [5.74, 6) is 1.32. The average Bonchev–Trinajstić information content (AvgIpc) is 3.21. The second-order valence-electron chi connectivity index (χ2n) is 6.03. The molecule has 20 heavy (non-hydrogen) atoms. The van der Waals surface area contributed by atoms with Crippen LogP contribution in [0.15, 0.2) is 0 Å². The number of aromatic nitrogens is 2. The van der Waals surface area contributed by atoms with Crippen molar-refractivity contribution < 1.29 is 4.79 Å². The van der Waals surface area contributed by atoms with Crippen LogP contribution >= 0.6 is 11.3 Å². The predicted molar refractivity (Wildman–Crippen MR) is 79.9 cm³/mol. The molecule has 1 amide bonds. The van der Waals surface area contributed by atoms with Crippen LogP contribution in [0.3, 0.4) is 0 Å². The van der Waals surface area contributed by atoms with Crippen molar-refractivity contribution >= 4 is 22.4 Å². The van der Waals surface area contributed by atoms with E-state index >= 15 is 0 Å². The van der Waals surface area contributed by atoms with Gasteiger partial charge in [-0.1, -0.05) is 11.3 Å². The molecule has 0 atom stereocenters. The van der Waals surface area contributed by atoms with Crippen molar-refractivity contribution in [3.05, 3.63) is 5.01 Å². The SMILES string of the molecule is Cc1nnc(N2CCC(CN(C)C(=O)C3CC3)CC2)s1. The van der Waals surface area contributed by atoms with Gasteiger partial charge in [0.25, 0.3) is 0 Å². The number of nitrogens with zero attached hydrogens (tertiary/aromatic N) is 4. The van der Waals surface area contributed by atoms with E-state index in [9.17, 15) is 4.79 Å². The van der Waals surface area contributed by atoms with E-state index in [-0.39, 0.29) is 0 Å². The fraction of sp³-hybridized carbons (Fsp3) is 0.786. The fourth-order valence-corrected chi connectivity index (χ4v) is 3.58. The van der Waals surface area contributed by atoms with Gasteiger partial charge in [0.1, 0.15) is 5.01 Å². The van der Waals surface area contributed by atoms with Gasteiger partial charge in [0.05, 0.1) is 0 Å². The molecule has 110 valence electrons. The minimum atomic E-state index is 0.337. The molecule has 0 aromatic carbocycles. The maximum absolute atomic E-state index is 12.0. The van der Waals surface area contributed by atoms with E-state index in [1.54, 1.807) is 11.3 Å². The fourth-order valence-electron chi connectivity index (χ4n) is 2.84. The molecule has 1 aliphatic heterocycles. The number of hydrogen-bond acceptors (Lipinski definition) is 5. The summed E-state index contributed by atoms with van der Waals surface area (Å²) in [6, 6.07) is 0. The maximum atomic E-state index is 12.0. The number of anilines is 1. The van der Waals surface area contributed by atoms with Crippen LogP contribution in [0.5, 0.6) is 0 Å². The van der Waals surface area contributed by atoms with Gasteiger partial charge < -0.3 is 9.80 Å². The molecule has 0 unspecified atom stereocenters. The van der Waals surface area contributed by atoms with Gasteiger partial charge in [-0.15, -0.1) is 10.2 Å². The number of carbonyl (C=O) groups excluding carboxylic acids is 1. The van der Waals surface area contributed by atoms with Gasteiger partial charge in [-0.3, -0.25) is 4.79 Å². The monoisotopic (exact) mass is 294 g/mol. The number of aryl methyl sites for hydroxylation is 1. The summed E-state index contributed by atoms with van der Waals surface area (Å²) in [5.41, 5.74) is 0. The molecular weight excluding hydrogens is 272 g/mol. The number of rotatable bonds is 4. The van der Waals surface area contributed by atoms with E-state index in [4.69, 9.17) is 0 Å². The van der Waals surface area contributed by atoms with Gasteiger partial charge >= 0.3 is 0 Å². The Kier molecular flexibility index (Phi) is 3.92. The van der Waals surface area contributed by atoms with E-state index in [2.05, 4.69) is 15.1 Å². The van der Waals surface area contributed by atoms with E-state index in [0.29, 0.717) is 17.7 Å². The zero-order valence-corrected chi connectivity index (χ0v) is 13.0. The number of hydrogen-bond donors (Lipinski definition) is 0. The first-order chi connectivity index (χ1) is 9.63. The van der Waals surface area contributed by atoms with Crippen LogP contribution in [0, 0.1) is 18.8 Å². The lowest BCUT2D eigenvalue weighted by atomic mass is 9.96. The largest absolute Gasteiger partial charge is 0.347 e. The Balaban J connectivity index is 1.47. The van der Waals surface area contributed by atoms with Gasteiger partial charge in [-0.25, -0.2) is 0 Å². The molecule has 3 rings (SSSR count). The summed E-state index contributed by atoms with van der Waals surface area (Å²) in [6.07, 6.45) is 4.47. The predicted octanol–water partition coefficient (Wildman–Crippen LogP) is 1.93. The lowest BCUT2D eigenvalue weighted by Crippen LogP contribution is -2.39. The quantitative estimate of drug-likeness (QED) is 0.851. The Bertz CT molecular complexity index is 477. The van der Waals surface area contributed by atoms with E-state index < -0.39 is 0 Å². The van der Waals surface area contributed by atoms with Crippen molar-refractivity contribution in [1.82, 2.24) is 15.1 Å². The van der Waals surface area contributed by atoms with Crippen molar-refractivity contribution in [1.29, 1.82) is 0 Å². The molecule has 1 aromatic rings. The van der Waals surface area contributed by atoms with Crippen LogP contribution in [0.2, 0.25) is 0 Å². The first kappa shape index (κ1) is 13.8. The normalized spacial score (nSPS) is 20.2. The number of amides is 1. The molecule has 1 saturated heterocycles. The molecule has 2 heterocycles. The second kappa shape index (κ2) is 5.68. The third-order valence-corrected chi connectivity index (χ3v) is 5.13. The molecule has 1 saturated carbocycles. The van der Waals surface area contributed by atoms with Crippen molar-refractivity contribution in [2.45, 2.75) is 32.6 Å². The molecule has 1 aromatic heterocycles. The second-order valence-corrected chi connectivity index (χ2v) is 7.19. The molecule has 5 nitrogen and oxygen atoms in total. The molecular formula is C14H22N4OS. The summed E-state index contributed by atoms with van der Waals surface area (Å²) < 4.78 is 0. The smallest absolute Gasteiger partial charge is 0.225 e. The Morgan fingerprint density at radius 2 is 2.00 bits per heavy atom. The first-order valence-electron chi connectivity index (χ1n) is 7.43. The zero-order chi connectivity index (χ0) is 14.1. The van der Waals surface area contributed by atoms with E-state index in [1.165, 1.54) is 0 Å². The van der Waals surface area contributed by atoms with Gasteiger partial charge in [-0.2, -0.15) is 0 Å². The highest BCUT2D eigenvalue weighted by Gasteiger charge is 2.33. The summed E-state index contributed by atoms with van der Waals surface area (Å²) in [7, 11) is 1.96. The highest BCUT2D eigenvalue weighted by atomic mass is 32.1. The van der Waals surface area contributed by atoms with Crippen molar-refractivity contribution in [2.24, 2.45) is 11.8 Å².